The Labute approximate surface area is 118 Å². The molecule has 0 saturated heterocycles. The summed E-state index contributed by atoms with van der Waals surface area (Å²) in [6, 6.07) is 6.84. The van der Waals surface area contributed by atoms with Crippen LogP contribution in [0, 0.1) is 6.92 Å². The highest BCUT2D eigenvalue weighted by molar-refractivity contribution is 7.92. The number of nitrogen functional groups attached to an aromatic ring is 1. The molecule has 0 aliphatic carbocycles. The number of anilines is 2. The molecule has 2 rings (SSSR count). The maximum atomic E-state index is 12.7. The van der Waals surface area contributed by atoms with Crippen molar-refractivity contribution >= 4 is 21.4 Å². The predicted molar refractivity (Wildman–Crippen MR) is 79.0 cm³/mol. The molecule has 0 amide bonds. The topological polar surface area (TPSA) is 92.1 Å². The number of aromatic nitrogens is 2. The van der Waals surface area contributed by atoms with E-state index in [1.807, 2.05) is 6.92 Å². The third-order valence-corrected chi connectivity index (χ3v) is 4.57. The van der Waals surface area contributed by atoms with Gasteiger partial charge in [-0.3, -0.25) is 4.31 Å². The number of hydrogen-bond donors (Lipinski definition) is 2. The number of imidazole rings is 1. The quantitative estimate of drug-likeness (QED) is 0.824. The molecule has 0 spiro atoms. The second-order valence-electron chi connectivity index (χ2n) is 4.51. The van der Waals surface area contributed by atoms with Crippen molar-refractivity contribution in [2.24, 2.45) is 0 Å². The van der Waals surface area contributed by atoms with Crippen LogP contribution in [0.15, 0.2) is 35.5 Å². The summed E-state index contributed by atoms with van der Waals surface area (Å²) in [5, 5.41) is 0.0888. The van der Waals surface area contributed by atoms with E-state index in [-0.39, 0.29) is 5.03 Å². The first kappa shape index (κ1) is 14.4. The largest absolute Gasteiger partial charge is 0.399 e. The Morgan fingerprint density at radius 1 is 1.40 bits per heavy atom. The SMILES string of the molecule is CCCN(c1cccc(N)c1)S(=O)(=O)c1cnc(C)[nH]1. The van der Waals surface area contributed by atoms with Crippen molar-refractivity contribution in [3.8, 4) is 0 Å². The van der Waals surface area contributed by atoms with Crippen molar-refractivity contribution in [2.75, 3.05) is 16.6 Å². The van der Waals surface area contributed by atoms with Gasteiger partial charge in [-0.05, 0) is 31.5 Å². The number of nitrogens with zero attached hydrogens (tertiary/aromatic N) is 2. The van der Waals surface area contributed by atoms with Gasteiger partial charge in [-0.1, -0.05) is 13.0 Å². The molecule has 0 radical (unpaired) electrons. The van der Waals surface area contributed by atoms with Gasteiger partial charge < -0.3 is 10.7 Å². The molecule has 1 aromatic carbocycles. The molecule has 7 heteroatoms. The van der Waals surface area contributed by atoms with Crippen LogP contribution in [0.4, 0.5) is 11.4 Å². The minimum atomic E-state index is -3.65. The minimum absolute atomic E-state index is 0.0888. The van der Waals surface area contributed by atoms with E-state index in [1.54, 1.807) is 31.2 Å². The summed E-state index contributed by atoms with van der Waals surface area (Å²) >= 11 is 0. The van der Waals surface area contributed by atoms with Gasteiger partial charge in [0.05, 0.1) is 11.9 Å². The van der Waals surface area contributed by atoms with Crippen molar-refractivity contribution in [3.05, 3.63) is 36.3 Å². The van der Waals surface area contributed by atoms with Gasteiger partial charge in [0.1, 0.15) is 5.82 Å². The Morgan fingerprint density at radius 3 is 2.70 bits per heavy atom. The number of sulfonamides is 1. The lowest BCUT2D eigenvalue weighted by atomic mass is 10.3. The van der Waals surface area contributed by atoms with E-state index in [4.69, 9.17) is 5.73 Å². The zero-order valence-corrected chi connectivity index (χ0v) is 12.3. The lowest BCUT2D eigenvalue weighted by molar-refractivity contribution is 0.587. The van der Waals surface area contributed by atoms with Gasteiger partial charge in [0.15, 0.2) is 5.03 Å². The normalized spacial score (nSPS) is 11.5. The van der Waals surface area contributed by atoms with Gasteiger partial charge in [0.25, 0.3) is 10.0 Å². The lowest BCUT2D eigenvalue weighted by Gasteiger charge is -2.23. The van der Waals surface area contributed by atoms with E-state index in [2.05, 4.69) is 9.97 Å². The molecule has 0 saturated carbocycles. The first-order valence-corrected chi connectivity index (χ1v) is 7.79. The third-order valence-electron chi connectivity index (χ3n) is 2.83. The van der Waals surface area contributed by atoms with Crippen molar-refractivity contribution in [3.63, 3.8) is 0 Å². The highest BCUT2D eigenvalue weighted by Gasteiger charge is 2.26. The number of hydrogen-bond acceptors (Lipinski definition) is 4. The van der Waals surface area contributed by atoms with Gasteiger partial charge in [-0.15, -0.1) is 0 Å². The summed E-state index contributed by atoms with van der Waals surface area (Å²) in [5.74, 6) is 0.563. The molecule has 3 N–H and O–H groups in total. The first-order chi connectivity index (χ1) is 9.45. The Morgan fingerprint density at radius 2 is 2.15 bits per heavy atom. The standard InChI is InChI=1S/C13H18N4O2S/c1-3-7-17(12-6-4-5-11(14)8-12)20(18,19)13-9-15-10(2)16-13/h4-6,8-9H,3,7,14H2,1-2H3,(H,15,16). The molecular formula is C13H18N4O2S. The Kier molecular flexibility index (Phi) is 3.99. The van der Waals surface area contributed by atoms with E-state index < -0.39 is 10.0 Å². The van der Waals surface area contributed by atoms with Crippen LogP contribution in [0.2, 0.25) is 0 Å². The van der Waals surface area contributed by atoms with Crippen LogP contribution in [-0.2, 0) is 10.0 Å². The van der Waals surface area contributed by atoms with Crippen molar-refractivity contribution < 1.29 is 8.42 Å². The summed E-state index contributed by atoms with van der Waals surface area (Å²) in [5.41, 5.74) is 6.82. The number of nitrogens with one attached hydrogen (secondary N) is 1. The van der Waals surface area contributed by atoms with Crippen LogP contribution in [-0.4, -0.2) is 24.9 Å². The summed E-state index contributed by atoms with van der Waals surface area (Å²) < 4.78 is 26.7. The number of H-pyrrole nitrogens is 1. The highest BCUT2D eigenvalue weighted by Crippen LogP contribution is 2.24. The van der Waals surface area contributed by atoms with Crippen molar-refractivity contribution in [2.45, 2.75) is 25.3 Å². The number of nitrogens with two attached hydrogens (primary N) is 1. The van der Waals surface area contributed by atoms with Gasteiger partial charge in [0.2, 0.25) is 0 Å². The fourth-order valence-corrected chi connectivity index (χ4v) is 3.43. The number of benzene rings is 1. The second-order valence-corrected chi connectivity index (χ2v) is 6.34. The zero-order valence-electron chi connectivity index (χ0n) is 11.5. The molecule has 0 atom stereocenters. The number of aryl methyl sites for hydroxylation is 1. The average Bonchev–Trinajstić information content (AvgIpc) is 2.83. The van der Waals surface area contributed by atoms with Crippen LogP contribution in [0.25, 0.3) is 0 Å². The fourth-order valence-electron chi connectivity index (χ4n) is 1.92. The first-order valence-electron chi connectivity index (χ1n) is 6.35. The van der Waals surface area contributed by atoms with E-state index in [1.165, 1.54) is 10.5 Å². The minimum Gasteiger partial charge on any atom is -0.399 e. The third kappa shape index (κ3) is 2.77. The molecule has 0 aliphatic heterocycles. The van der Waals surface area contributed by atoms with Gasteiger partial charge in [0, 0.05) is 12.2 Å². The fraction of sp³-hybridized carbons (Fsp3) is 0.308. The van der Waals surface area contributed by atoms with Crippen LogP contribution in [0.3, 0.4) is 0 Å². The molecule has 1 aromatic heterocycles. The van der Waals surface area contributed by atoms with Gasteiger partial charge in [-0.25, -0.2) is 4.98 Å². The van der Waals surface area contributed by atoms with Crippen LogP contribution in [0.5, 0.6) is 0 Å². The molecule has 0 unspecified atom stereocenters. The second kappa shape index (κ2) is 5.54. The molecule has 0 bridgehead atoms. The molecule has 1 heterocycles. The summed E-state index contributed by atoms with van der Waals surface area (Å²) in [6.45, 7) is 4.01. The Hall–Kier alpha value is -2.02. The van der Waals surface area contributed by atoms with Crippen LogP contribution in [0.1, 0.15) is 19.2 Å². The van der Waals surface area contributed by atoms with Crippen molar-refractivity contribution in [1.82, 2.24) is 9.97 Å². The van der Waals surface area contributed by atoms with E-state index >= 15 is 0 Å². The molecule has 108 valence electrons. The summed E-state index contributed by atoms with van der Waals surface area (Å²) in [6.07, 6.45) is 2.03. The van der Waals surface area contributed by atoms with E-state index in [9.17, 15) is 8.42 Å². The highest BCUT2D eigenvalue weighted by atomic mass is 32.2. The Bertz CT molecular complexity index is 694. The van der Waals surface area contributed by atoms with Crippen molar-refractivity contribution in [1.29, 1.82) is 0 Å². The number of aromatic amines is 1. The molecule has 0 fully saturated rings. The summed E-state index contributed by atoms with van der Waals surface area (Å²) in [4.78, 5) is 6.72. The monoisotopic (exact) mass is 294 g/mol. The number of rotatable bonds is 5. The predicted octanol–water partition coefficient (Wildman–Crippen LogP) is 1.91. The van der Waals surface area contributed by atoms with E-state index in [0.29, 0.717) is 30.2 Å². The maximum Gasteiger partial charge on any atom is 0.281 e. The Balaban J connectivity index is 2.48. The smallest absolute Gasteiger partial charge is 0.281 e. The lowest BCUT2D eigenvalue weighted by Crippen LogP contribution is -2.32. The van der Waals surface area contributed by atoms with Crippen LogP contribution < -0.4 is 10.0 Å². The molecule has 0 aliphatic rings. The summed E-state index contributed by atoms with van der Waals surface area (Å²) in [7, 11) is -3.65. The molecular weight excluding hydrogens is 276 g/mol. The molecule has 6 nitrogen and oxygen atoms in total. The van der Waals surface area contributed by atoms with Crippen LogP contribution >= 0.6 is 0 Å². The van der Waals surface area contributed by atoms with E-state index in [0.717, 1.165) is 0 Å². The molecule has 20 heavy (non-hydrogen) atoms. The maximum absolute atomic E-state index is 12.7. The molecule has 2 aromatic rings. The van der Waals surface area contributed by atoms with Gasteiger partial charge in [-0.2, -0.15) is 8.42 Å². The zero-order chi connectivity index (χ0) is 14.8. The average molecular weight is 294 g/mol. The van der Waals surface area contributed by atoms with Gasteiger partial charge >= 0.3 is 0 Å².